The highest BCUT2D eigenvalue weighted by atomic mass is 32.2. The van der Waals surface area contributed by atoms with Crippen LogP contribution in [0, 0.1) is 6.92 Å². The van der Waals surface area contributed by atoms with Gasteiger partial charge in [-0.3, -0.25) is 9.78 Å². The van der Waals surface area contributed by atoms with Gasteiger partial charge in [0.25, 0.3) is 0 Å². The number of rotatable bonds is 7. The number of amides is 1. The van der Waals surface area contributed by atoms with Crippen LogP contribution in [0.5, 0.6) is 0 Å². The highest BCUT2D eigenvalue weighted by molar-refractivity contribution is 7.99. The first-order valence-corrected chi connectivity index (χ1v) is 11.7. The van der Waals surface area contributed by atoms with Crippen molar-refractivity contribution in [1.29, 1.82) is 0 Å². The van der Waals surface area contributed by atoms with Crippen molar-refractivity contribution in [3.8, 4) is 11.5 Å². The largest absolute Gasteiger partial charge is 0.325 e. The Kier molecular flexibility index (Phi) is 6.33. The molecule has 3 aromatic rings. The van der Waals surface area contributed by atoms with E-state index in [4.69, 9.17) is 0 Å². The van der Waals surface area contributed by atoms with E-state index in [1.807, 2.05) is 29.7 Å². The maximum absolute atomic E-state index is 12.4. The standard InChI is InChI=1S/C19H21N5O3S2/c1-4-24-18(16-7-5-6-10-20-16)22-23-19(24)28-12-17(25)21-15-9-8-14(11-13(15)2)29(3,26)27/h5-11H,4,12H2,1-3H3,(H,21,25). The summed E-state index contributed by atoms with van der Waals surface area (Å²) in [7, 11) is -3.29. The van der Waals surface area contributed by atoms with Gasteiger partial charge in [0.15, 0.2) is 20.8 Å². The van der Waals surface area contributed by atoms with Gasteiger partial charge in [0, 0.05) is 24.7 Å². The van der Waals surface area contributed by atoms with E-state index in [0.29, 0.717) is 28.8 Å². The molecule has 0 unspecified atom stereocenters. The number of carbonyl (C=O) groups excluding carboxylic acids is 1. The van der Waals surface area contributed by atoms with E-state index in [1.165, 1.54) is 17.8 Å². The molecular formula is C19H21N5O3S2. The van der Waals surface area contributed by atoms with Gasteiger partial charge in [0.05, 0.1) is 10.6 Å². The third-order valence-corrected chi connectivity index (χ3v) is 6.24. The summed E-state index contributed by atoms with van der Waals surface area (Å²) in [5.41, 5.74) is 1.98. The van der Waals surface area contributed by atoms with E-state index in [-0.39, 0.29) is 16.6 Å². The van der Waals surface area contributed by atoms with Crippen LogP contribution in [-0.4, -0.2) is 46.1 Å². The topological polar surface area (TPSA) is 107 Å². The van der Waals surface area contributed by atoms with E-state index >= 15 is 0 Å². The highest BCUT2D eigenvalue weighted by Crippen LogP contribution is 2.24. The number of nitrogens with one attached hydrogen (secondary N) is 1. The zero-order valence-electron chi connectivity index (χ0n) is 16.3. The molecule has 2 aromatic heterocycles. The number of benzene rings is 1. The first-order valence-electron chi connectivity index (χ1n) is 8.87. The molecule has 0 saturated carbocycles. The molecule has 2 heterocycles. The van der Waals surface area contributed by atoms with Crippen LogP contribution in [0.1, 0.15) is 12.5 Å². The van der Waals surface area contributed by atoms with Crippen molar-refractivity contribution >= 4 is 33.2 Å². The van der Waals surface area contributed by atoms with Crippen LogP contribution in [0.2, 0.25) is 0 Å². The number of hydrogen-bond donors (Lipinski definition) is 1. The van der Waals surface area contributed by atoms with Crippen LogP contribution >= 0.6 is 11.8 Å². The van der Waals surface area contributed by atoms with Gasteiger partial charge in [0.2, 0.25) is 5.91 Å². The lowest BCUT2D eigenvalue weighted by atomic mass is 10.2. The van der Waals surface area contributed by atoms with E-state index < -0.39 is 9.84 Å². The molecule has 1 aromatic carbocycles. The van der Waals surface area contributed by atoms with Gasteiger partial charge in [-0.2, -0.15) is 0 Å². The van der Waals surface area contributed by atoms with Crippen LogP contribution in [0.4, 0.5) is 5.69 Å². The Morgan fingerprint density at radius 2 is 2.00 bits per heavy atom. The summed E-state index contributed by atoms with van der Waals surface area (Å²) >= 11 is 1.28. The highest BCUT2D eigenvalue weighted by Gasteiger charge is 2.16. The van der Waals surface area contributed by atoms with E-state index in [1.54, 1.807) is 25.3 Å². The molecule has 3 rings (SSSR count). The van der Waals surface area contributed by atoms with Crippen molar-refractivity contribution in [2.75, 3.05) is 17.3 Å². The van der Waals surface area contributed by atoms with Gasteiger partial charge in [-0.25, -0.2) is 8.42 Å². The molecule has 0 aliphatic carbocycles. The number of thioether (sulfide) groups is 1. The summed E-state index contributed by atoms with van der Waals surface area (Å²) in [6, 6.07) is 10.2. The van der Waals surface area contributed by atoms with Crippen molar-refractivity contribution in [2.45, 2.75) is 30.4 Å². The molecule has 0 bridgehead atoms. The molecule has 0 radical (unpaired) electrons. The number of nitrogens with zero attached hydrogens (tertiary/aromatic N) is 4. The van der Waals surface area contributed by atoms with E-state index in [9.17, 15) is 13.2 Å². The van der Waals surface area contributed by atoms with Crippen molar-refractivity contribution in [3.05, 3.63) is 48.2 Å². The summed E-state index contributed by atoms with van der Waals surface area (Å²) in [6.07, 6.45) is 2.85. The minimum atomic E-state index is -3.29. The second-order valence-electron chi connectivity index (χ2n) is 6.35. The van der Waals surface area contributed by atoms with Gasteiger partial charge in [-0.1, -0.05) is 17.8 Å². The first-order chi connectivity index (χ1) is 13.8. The van der Waals surface area contributed by atoms with Crippen LogP contribution in [0.25, 0.3) is 11.5 Å². The van der Waals surface area contributed by atoms with Crippen molar-refractivity contribution in [2.24, 2.45) is 0 Å². The molecule has 10 heteroatoms. The Morgan fingerprint density at radius 1 is 1.21 bits per heavy atom. The lowest BCUT2D eigenvalue weighted by Crippen LogP contribution is -2.15. The molecule has 0 spiro atoms. The summed E-state index contributed by atoms with van der Waals surface area (Å²) < 4.78 is 25.2. The van der Waals surface area contributed by atoms with Crippen LogP contribution in [0.15, 0.2) is 52.6 Å². The molecular weight excluding hydrogens is 410 g/mol. The number of carbonyl (C=O) groups is 1. The SMILES string of the molecule is CCn1c(SCC(=O)Nc2ccc(S(C)(=O)=O)cc2C)nnc1-c1ccccn1. The first kappa shape index (κ1) is 21.0. The van der Waals surface area contributed by atoms with Gasteiger partial charge < -0.3 is 9.88 Å². The molecule has 29 heavy (non-hydrogen) atoms. The molecule has 152 valence electrons. The third kappa shape index (κ3) is 5.01. The third-order valence-electron chi connectivity index (χ3n) is 4.16. The van der Waals surface area contributed by atoms with Gasteiger partial charge in [0.1, 0.15) is 5.69 Å². The van der Waals surface area contributed by atoms with Crippen LogP contribution in [-0.2, 0) is 21.2 Å². The second-order valence-corrected chi connectivity index (χ2v) is 9.31. The Hall–Kier alpha value is -2.72. The average molecular weight is 432 g/mol. The predicted octanol–water partition coefficient (Wildman–Crippen LogP) is 2.80. The minimum Gasteiger partial charge on any atom is -0.325 e. The fraction of sp³-hybridized carbons (Fsp3) is 0.263. The smallest absolute Gasteiger partial charge is 0.234 e. The zero-order chi connectivity index (χ0) is 21.0. The molecule has 0 fully saturated rings. The lowest BCUT2D eigenvalue weighted by Gasteiger charge is -2.10. The maximum atomic E-state index is 12.4. The van der Waals surface area contributed by atoms with Crippen molar-refractivity contribution in [1.82, 2.24) is 19.7 Å². The van der Waals surface area contributed by atoms with E-state index in [2.05, 4.69) is 20.5 Å². The quantitative estimate of drug-likeness (QED) is 0.573. The minimum absolute atomic E-state index is 0.146. The Morgan fingerprint density at radius 3 is 2.62 bits per heavy atom. The molecule has 1 amide bonds. The molecule has 0 saturated heterocycles. The summed E-state index contributed by atoms with van der Waals surface area (Å²) in [4.78, 5) is 16.9. The summed E-state index contributed by atoms with van der Waals surface area (Å²) in [5.74, 6) is 0.589. The van der Waals surface area contributed by atoms with Crippen LogP contribution < -0.4 is 5.32 Å². The lowest BCUT2D eigenvalue weighted by molar-refractivity contribution is -0.113. The fourth-order valence-corrected chi connectivity index (χ4v) is 4.20. The Labute approximate surface area is 173 Å². The molecule has 0 aliphatic heterocycles. The maximum Gasteiger partial charge on any atom is 0.234 e. The van der Waals surface area contributed by atoms with Gasteiger partial charge >= 0.3 is 0 Å². The Bertz CT molecular complexity index is 1130. The number of hydrogen-bond acceptors (Lipinski definition) is 7. The van der Waals surface area contributed by atoms with Crippen molar-refractivity contribution < 1.29 is 13.2 Å². The predicted molar refractivity (Wildman–Crippen MR) is 113 cm³/mol. The molecule has 8 nitrogen and oxygen atoms in total. The normalized spacial score (nSPS) is 11.4. The molecule has 0 aliphatic rings. The zero-order valence-corrected chi connectivity index (χ0v) is 17.9. The van der Waals surface area contributed by atoms with Crippen molar-refractivity contribution in [3.63, 3.8) is 0 Å². The number of anilines is 1. The summed E-state index contributed by atoms with van der Waals surface area (Å²) in [6.45, 7) is 4.38. The fourth-order valence-electron chi connectivity index (χ4n) is 2.69. The Balaban J connectivity index is 1.68. The van der Waals surface area contributed by atoms with Gasteiger partial charge in [-0.15, -0.1) is 10.2 Å². The van der Waals surface area contributed by atoms with Gasteiger partial charge in [-0.05, 0) is 49.7 Å². The van der Waals surface area contributed by atoms with E-state index in [0.717, 1.165) is 11.9 Å². The average Bonchev–Trinajstić information content (AvgIpc) is 3.10. The van der Waals surface area contributed by atoms with Crippen LogP contribution in [0.3, 0.4) is 0 Å². The number of aromatic nitrogens is 4. The monoisotopic (exact) mass is 431 g/mol. The molecule has 0 atom stereocenters. The summed E-state index contributed by atoms with van der Waals surface area (Å²) in [5, 5.41) is 11.8. The number of pyridine rings is 1. The number of aryl methyl sites for hydroxylation is 1. The second kappa shape index (κ2) is 8.75. The number of sulfone groups is 1. The molecule has 1 N–H and O–H groups in total.